The minimum Gasteiger partial charge on any atom is -0.328 e. The summed E-state index contributed by atoms with van der Waals surface area (Å²) in [6.45, 7) is 9.93. The molecule has 2 rings (SSSR count). The molecule has 4 heteroatoms. The molecular weight excluding hydrogens is 260 g/mol. The second-order valence-corrected chi connectivity index (χ2v) is 7.00. The van der Waals surface area contributed by atoms with Crippen LogP contribution >= 0.6 is 0 Å². The molecule has 1 atom stereocenters. The number of fused-ring (bicyclic) bond motifs is 1. The highest BCUT2D eigenvalue weighted by atomic mass is 15.2. The standard InChI is InChI=1S/C17H28N4/c1-5-10-21-15-9-7-6-8-14(15)19-16(21)11-13(20-18)12-17(2,3)4/h6-9,13,20H,5,10-12,18H2,1-4H3. The molecule has 116 valence electrons. The van der Waals surface area contributed by atoms with Crippen LogP contribution in [-0.4, -0.2) is 15.6 Å². The lowest BCUT2D eigenvalue weighted by molar-refractivity contribution is 0.305. The monoisotopic (exact) mass is 288 g/mol. The average molecular weight is 288 g/mol. The Bertz CT molecular complexity index is 580. The number of hydrogen-bond acceptors (Lipinski definition) is 3. The fourth-order valence-electron chi connectivity index (χ4n) is 2.90. The van der Waals surface area contributed by atoms with Gasteiger partial charge in [0, 0.05) is 19.0 Å². The van der Waals surface area contributed by atoms with E-state index in [0.717, 1.165) is 37.1 Å². The van der Waals surface area contributed by atoms with Crippen LogP contribution in [0.3, 0.4) is 0 Å². The maximum absolute atomic E-state index is 5.76. The van der Waals surface area contributed by atoms with Crippen molar-refractivity contribution in [3.05, 3.63) is 30.1 Å². The maximum Gasteiger partial charge on any atom is 0.111 e. The summed E-state index contributed by atoms with van der Waals surface area (Å²) in [7, 11) is 0. The molecule has 0 radical (unpaired) electrons. The molecule has 1 aromatic heterocycles. The molecule has 21 heavy (non-hydrogen) atoms. The van der Waals surface area contributed by atoms with Crippen LogP contribution in [0.25, 0.3) is 11.0 Å². The van der Waals surface area contributed by atoms with Crippen LogP contribution in [0.2, 0.25) is 0 Å². The van der Waals surface area contributed by atoms with Gasteiger partial charge in [0.25, 0.3) is 0 Å². The molecule has 4 nitrogen and oxygen atoms in total. The number of hydrazine groups is 1. The number of imidazole rings is 1. The van der Waals surface area contributed by atoms with E-state index in [1.807, 2.05) is 6.07 Å². The Morgan fingerprint density at radius 2 is 2.00 bits per heavy atom. The van der Waals surface area contributed by atoms with Gasteiger partial charge in [-0.3, -0.25) is 11.3 Å². The van der Waals surface area contributed by atoms with Crippen molar-refractivity contribution in [3.8, 4) is 0 Å². The summed E-state index contributed by atoms with van der Waals surface area (Å²) in [5.41, 5.74) is 5.52. The molecule has 0 saturated heterocycles. The fourth-order valence-corrected chi connectivity index (χ4v) is 2.90. The van der Waals surface area contributed by atoms with Crippen LogP contribution in [0.4, 0.5) is 0 Å². The number of nitrogens with one attached hydrogen (secondary N) is 1. The number of hydrogen-bond donors (Lipinski definition) is 2. The van der Waals surface area contributed by atoms with Gasteiger partial charge in [0.15, 0.2) is 0 Å². The van der Waals surface area contributed by atoms with Gasteiger partial charge in [-0.05, 0) is 30.4 Å². The van der Waals surface area contributed by atoms with E-state index in [1.54, 1.807) is 0 Å². The predicted molar refractivity (Wildman–Crippen MR) is 88.9 cm³/mol. The van der Waals surface area contributed by atoms with E-state index in [1.165, 1.54) is 5.52 Å². The summed E-state index contributed by atoms with van der Waals surface area (Å²) in [6, 6.07) is 8.60. The van der Waals surface area contributed by atoms with E-state index in [0.29, 0.717) is 0 Å². The maximum atomic E-state index is 5.76. The quantitative estimate of drug-likeness (QED) is 0.633. The Morgan fingerprint density at radius 3 is 2.62 bits per heavy atom. The zero-order valence-electron chi connectivity index (χ0n) is 13.7. The van der Waals surface area contributed by atoms with Gasteiger partial charge in [-0.1, -0.05) is 39.8 Å². The SMILES string of the molecule is CCCn1c(CC(CC(C)(C)C)NN)nc2ccccc21. The number of rotatable bonds is 6. The zero-order chi connectivity index (χ0) is 15.5. The molecule has 0 spiro atoms. The van der Waals surface area contributed by atoms with Crippen molar-refractivity contribution in [1.29, 1.82) is 0 Å². The van der Waals surface area contributed by atoms with Crippen molar-refractivity contribution in [2.24, 2.45) is 11.3 Å². The van der Waals surface area contributed by atoms with Crippen LogP contribution in [0.15, 0.2) is 24.3 Å². The van der Waals surface area contributed by atoms with Gasteiger partial charge >= 0.3 is 0 Å². The topological polar surface area (TPSA) is 55.9 Å². The van der Waals surface area contributed by atoms with Gasteiger partial charge in [-0.15, -0.1) is 0 Å². The summed E-state index contributed by atoms with van der Waals surface area (Å²) < 4.78 is 2.34. The molecule has 0 fully saturated rings. The van der Waals surface area contributed by atoms with Gasteiger partial charge in [-0.2, -0.15) is 0 Å². The summed E-state index contributed by atoms with van der Waals surface area (Å²) in [5, 5.41) is 0. The molecule has 0 aliphatic carbocycles. The van der Waals surface area contributed by atoms with E-state index in [2.05, 4.69) is 55.9 Å². The van der Waals surface area contributed by atoms with Gasteiger partial charge in [-0.25, -0.2) is 4.98 Å². The summed E-state index contributed by atoms with van der Waals surface area (Å²) in [4.78, 5) is 4.82. The molecule has 0 saturated carbocycles. The van der Waals surface area contributed by atoms with Crippen molar-refractivity contribution in [2.45, 2.75) is 59.5 Å². The normalized spacial score (nSPS) is 13.8. The van der Waals surface area contributed by atoms with Gasteiger partial charge in [0.2, 0.25) is 0 Å². The third-order valence-electron chi connectivity index (χ3n) is 3.70. The summed E-state index contributed by atoms with van der Waals surface area (Å²) in [6.07, 6.45) is 2.99. The Balaban J connectivity index is 2.29. The van der Waals surface area contributed by atoms with Gasteiger partial charge in [0.05, 0.1) is 11.0 Å². The lowest BCUT2D eigenvalue weighted by Crippen LogP contribution is -2.40. The first kappa shape index (κ1) is 16.0. The minimum absolute atomic E-state index is 0.248. The molecule has 1 unspecified atom stereocenters. The van der Waals surface area contributed by atoms with Gasteiger partial charge < -0.3 is 4.57 Å². The Hall–Kier alpha value is -1.39. The first-order chi connectivity index (χ1) is 9.94. The lowest BCUT2D eigenvalue weighted by atomic mass is 9.87. The molecule has 0 amide bonds. The van der Waals surface area contributed by atoms with Crippen LogP contribution in [0.1, 0.15) is 46.4 Å². The summed E-state index contributed by atoms with van der Waals surface area (Å²) in [5.74, 6) is 6.89. The number of aryl methyl sites for hydroxylation is 1. The van der Waals surface area contributed by atoms with Crippen LogP contribution in [-0.2, 0) is 13.0 Å². The van der Waals surface area contributed by atoms with E-state index >= 15 is 0 Å². The van der Waals surface area contributed by atoms with Crippen molar-refractivity contribution in [2.75, 3.05) is 0 Å². The Labute approximate surface area is 127 Å². The van der Waals surface area contributed by atoms with Gasteiger partial charge in [0.1, 0.15) is 5.82 Å². The first-order valence-corrected chi connectivity index (χ1v) is 7.85. The Kier molecular flexibility index (Phi) is 5.01. The summed E-state index contributed by atoms with van der Waals surface area (Å²) >= 11 is 0. The average Bonchev–Trinajstić information content (AvgIpc) is 2.75. The molecule has 0 aliphatic rings. The number of aromatic nitrogens is 2. The smallest absolute Gasteiger partial charge is 0.111 e. The third-order valence-corrected chi connectivity index (χ3v) is 3.70. The van der Waals surface area contributed by atoms with Crippen LogP contribution < -0.4 is 11.3 Å². The lowest BCUT2D eigenvalue weighted by Gasteiger charge is -2.25. The highest BCUT2D eigenvalue weighted by Crippen LogP contribution is 2.24. The van der Waals surface area contributed by atoms with E-state index in [9.17, 15) is 0 Å². The van der Waals surface area contributed by atoms with Crippen molar-refractivity contribution < 1.29 is 0 Å². The largest absolute Gasteiger partial charge is 0.328 e. The Morgan fingerprint density at radius 1 is 1.29 bits per heavy atom. The predicted octanol–water partition coefficient (Wildman–Crippen LogP) is 3.26. The second kappa shape index (κ2) is 6.58. The highest BCUT2D eigenvalue weighted by Gasteiger charge is 2.20. The van der Waals surface area contributed by atoms with E-state index in [-0.39, 0.29) is 11.5 Å². The number of nitrogens with two attached hydrogens (primary N) is 1. The van der Waals surface area contributed by atoms with E-state index < -0.39 is 0 Å². The number of para-hydroxylation sites is 2. The molecule has 1 heterocycles. The molecule has 1 aromatic carbocycles. The number of nitrogens with zero attached hydrogens (tertiary/aromatic N) is 2. The third kappa shape index (κ3) is 4.05. The molecule has 2 aromatic rings. The zero-order valence-corrected chi connectivity index (χ0v) is 13.7. The molecule has 0 aliphatic heterocycles. The highest BCUT2D eigenvalue weighted by molar-refractivity contribution is 5.75. The van der Waals surface area contributed by atoms with Crippen molar-refractivity contribution in [3.63, 3.8) is 0 Å². The van der Waals surface area contributed by atoms with Crippen LogP contribution in [0, 0.1) is 5.41 Å². The van der Waals surface area contributed by atoms with Crippen molar-refractivity contribution >= 4 is 11.0 Å². The molecular formula is C17H28N4. The van der Waals surface area contributed by atoms with Crippen molar-refractivity contribution in [1.82, 2.24) is 15.0 Å². The second-order valence-electron chi connectivity index (χ2n) is 7.00. The van der Waals surface area contributed by atoms with Crippen LogP contribution in [0.5, 0.6) is 0 Å². The first-order valence-electron chi connectivity index (χ1n) is 7.85. The minimum atomic E-state index is 0.248. The fraction of sp³-hybridized carbons (Fsp3) is 0.588. The molecule has 0 bridgehead atoms. The van der Waals surface area contributed by atoms with E-state index in [4.69, 9.17) is 10.8 Å². The number of benzene rings is 1. The molecule has 3 N–H and O–H groups in total.